The SMILES string of the molecule is CC1=CCCC=C1.CNCC(=O)O. The summed E-state index contributed by atoms with van der Waals surface area (Å²) in [5, 5.41) is 10.3. The van der Waals surface area contributed by atoms with E-state index in [2.05, 4.69) is 30.5 Å². The first kappa shape index (κ1) is 11.9. The van der Waals surface area contributed by atoms with Gasteiger partial charge in [0.25, 0.3) is 0 Å². The second-order valence-electron chi connectivity index (χ2n) is 2.85. The minimum absolute atomic E-state index is 0.0417. The molecule has 0 amide bonds. The monoisotopic (exact) mass is 183 g/mol. The van der Waals surface area contributed by atoms with E-state index in [0.717, 1.165) is 0 Å². The van der Waals surface area contributed by atoms with Crippen molar-refractivity contribution in [3.8, 4) is 0 Å². The molecular weight excluding hydrogens is 166 g/mol. The van der Waals surface area contributed by atoms with Crippen LogP contribution in [0.15, 0.2) is 23.8 Å². The maximum absolute atomic E-state index is 9.54. The molecule has 1 aliphatic carbocycles. The van der Waals surface area contributed by atoms with Crippen molar-refractivity contribution in [2.75, 3.05) is 13.6 Å². The Balaban J connectivity index is 0.000000226. The van der Waals surface area contributed by atoms with Gasteiger partial charge < -0.3 is 10.4 Å². The standard InChI is InChI=1S/C7H10.C3H7NO2/c1-7-5-3-2-4-6-7;1-4-2-3(5)6/h3,5-6H,2,4H2,1H3;4H,2H2,1H3,(H,5,6). The summed E-state index contributed by atoms with van der Waals surface area (Å²) >= 11 is 0. The van der Waals surface area contributed by atoms with Crippen molar-refractivity contribution < 1.29 is 9.90 Å². The molecule has 0 unspecified atom stereocenters. The molecule has 74 valence electrons. The average molecular weight is 183 g/mol. The van der Waals surface area contributed by atoms with Crippen LogP contribution >= 0.6 is 0 Å². The third-order valence-corrected chi connectivity index (χ3v) is 1.51. The first-order valence-electron chi connectivity index (χ1n) is 4.36. The van der Waals surface area contributed by atoms with E-state index in [9.17, 15) is 4.79 Å². The fraction of sp³-hybridized carbons (Fsp3) is 0.500. The van der Waals surface area contributed by atoms with E-state index in [1.807, 2.05) is 0 Å². The van der Waals surface area contributed by atoms with Gasteiger partial charge in [-0.05, 0) is 26.8 Å². The lowest BCUT2D eigenvalue weighted by molar-refractivity contribution is -0.135. The highest BCUT2D eigenvalue weighted by Gasteiger charge is 1.86. The molecule has 2 N–H and O–H groups in total. The van der Waals surface area contributed by atoms with Crippen molar-refractivity contribution in [2.45, 2.75) is 19.8 Å². The Labute approximate surface area is 79.2 Å². The van der Waals surface area contributed by atoms with Crippen LogP contribution < -0.4 is 5.32 Å². The lowest BCUT2D eigenvalue weighted by Gasteiger charge is -1.96. The van der Waals surface area contributed by atoms with Crippen LogP contribution in [-0.2, 0) is 4.79 Å². The highest BCUT2D eigenvalue weighted by molar-refractivity contribution is 5.68. The molecule has 3 nitrogen and oxygen atoms in total. The molecular formula is C10H17NO2. The van der Waals surface area contributed by atoms with Crippen molar-refractivity contribution >= 4 is 5.97 Å². The molecule has 0 aromatic carbocycles. The van der Waals surface area contributed by atoms with Gasteiger partial charge in [-0.25, -0.2) is 0 Å². The van der Waals surface area contributed by atoms with Gasteiger partial charge in [0.2, 0.25) is 0 Å². The minimum atomic E-state index is -0.822. The van der Waals surface area contributed by atoms with Crippen molar-refractivity contribution in [2.24, 2.45) is 0 Å². The summed E-state index contributed by atoms with van der Waals surface area (Å²) in [6, 6.07) is 0. The summed E-state index contributed by atoms with van der Waals surface area (Å²) in [4.78, 5) is 9.54. The van der Waals surface area contributed by atoms with Crippen LogP contribution in [0.25, 0.3) is 0 Å². The average Bonchev–Trinajstić information content (AvgIpc) is 2.06. The molecule has 0 saturated heterocycles. The van der Waals surface area contributed by atoms with Gasteiger partial charge in [0.15, 0.2) is 0 Å². The summed E-state index contributed by atoms with van der Waals surface area (Å²) in [5.41, 5.74) is 1.41. The quantitative estimate of drug-likeness (QED) is 0.683. The molecule has 3 heteroatoms. The fourth-order valence-electron chi connectivity index (χ4n) is 0.896. The van der Waals surface area contributed by atoms with Crippen molar-refractivity contribution in [3.05, 3.63) is 23.8 Å². The molecule has 0 fully saturated rings. The molecule has 1 aliphatic rings. The smallest absolute Gasteiger partial charge is 0.317 e. The Bertz CT molecular complexity index is 207. The van der Waals surface area contributed by atoms with E-state index in [0.29, 0.717) is 0 Å². The summed E-state index contributed by atoms with van der Waals surface area (Å²) in [6.45, 7) is 2.18. The highest BCUT2D eigenvalue weighted by Crippen LogP contribution is 2.06. The summed E-state index contributed by atoms with van der Waals surface area (Å²) < 4.78 is 0. The molecule has 0 atom stereocenters. The summed E-state index contributed by atoms with van der Waals surface area (Å²) in [6.07, 6.45) is 9.12. The molecule has 13 heavy (non-hydrogen) atoms. The van der Waals surface area contributed by atoms with E-state index >= 15 is 0 Å². The number of carbonyl (C=O) groups is 1. The van der Waals surface area contributed by atoms with Crippen LogP contribution in [0.4, 0.5) is 0 Å². The third kappa shape index (κ3) is 8.82. The number of rotatable bonds is 2. The number of carboxylic acid groups (broad SMARTS) is 1. The van der Waals surface area contributed by atoms with Gasteiger partial charge in [0, 0.05) is 0 Å². The predicted octanol–water partition coefficient (Wildman–Crippen LogP) is 1.57. The first-order valence-corrected chi connectivity index (χ1v) is 4.36. The molecule has 0 radical (unpaired) electrons. The molecule has 0 aromatic rings. The predicted molar refractivity (Wildman–Crippen MR) is 53.7 cm³/mol. The van der Waals surface area contributed by atoms with Gasteiger partial charge in [-0.1, -0.05) is 23.8 Å². The number of nitrogens with one attached hydrogen (secondary N) is 1. The van der Waals surface area contributed by atoms with Gasteiger partial charge in [-0.15, -0.1) is 0 Å². The normalized spacial score (nSPS) is 14.2. The number of likely N-dealkylation sites (N-methyl/N-ethyl adjacent to an activating group) is 1. The summed E-state index contributed by atoms with van der Waals surface area (Å²) in [7, 11) is 1.59. The number of aliphatic carboxylic acids is 1. The lowest BCUT2D eigenvalue weighted by atomic mass is 10.1. The molecule has 0 saturated carbocycles. The highest BCUT2D eigenvalue weighted by atomic mass is 16.4. The van der Waals surface area contributed by atoms with Crippen LogP contribution in [0.2, 0.25) is 0 Å². The Morgan fingerprint density at radius 2 is 2.31 bits per heavy atom. The number of hydrogen-bond acceptors (Lipinski definition) is 2. The second kappa shape index (κ2) is 7.55. The topological polar surface area (TPSA) is 49.3 Å². The van der Waals surface area contributed by atoms with Gasteiger partial charge >= 0.3 is 5.97 Å². The molecule has 1 rings (SSSR count). The van der Waals surface area contributed by atoms with Crippen molar-refractivity contribution in [1.82, 2.24) is 5.32 Å². The number of carboxylic acids is 1. The molecule has 0 spiro atoms. The first-order chi connectivity index (χ1) is 6.16. The van der Waals surface area contributed by atoms with Gasteiger partial charge in [0.1, 0.15) is 0 Å². The Morgan fingerprint density at radius 1 is 1.62 bits per heavy atom. The Hall–Kier alpha value is -1.09. The van der Waals surface area contributed by atoms with Gasteiger partial charge in [-0.3, -0.25) is 4.79 Å². The Morgan fingerprint density at radius 3 is 2.46 bits per heavy atom. The zero-order chi connectivity index (χ0) is 10.1. The maximum Gasteiger partial charge on any atom is 0.317 e. The fourth-order valence-corrected chi connectivity index (χ4v) is 0.896. The van der Waals surface area contributed by atoms with Crippen molar-refractivity contribution in [1.29, 1.82) is 0 Å². The van der Waals surface area contributed by atoms with E-state index in [1.165, 1.54) is 18.4 Å². The van der Waals surface area contributed by atoms with Crippen LogP contribution in [0.3, 0.4) is 0 Å². The van der Waals surface area contributed by atoms with E-state index in [1.54, 1.807) is 7.05 Å². The van der Waals surface area contributed by atoms with E-state index in [-0.39, 0.29) is 6.54 Å². The van der Waals surface area contributed by atoms with Crippen LogP contribution in [0.1, 0.15) is 19.8 Å². The van der Waals surface area contributed by atoms with Gasteiger partial charge in [0.05, 0.1) is 6.54 Å². The zero-order valence-electron chi connectivity index (χ0n) is 8.21. The van der Waals surface area contributed by atoms with Crippen LogP contribution in [0.5, 0.6) is 0 Å². The molecule has 0 aromatic heterocycles. The lowest BCUT2D eigenvalue weighted by Crippen LogP contribution is -2.16. The van der Waals surface area contributed by atoms with E-state index in [4.69, 9.17) is 5.11 Å². The maximum atomic E-state index is 9.54. The minimum Gasteiger partial charge on any atom is -0.480 e. The largest absolute Gasteiger partial charge is 0.480 e. The van der Waals surface area contributed by atoms with Crippen LogP contribution in [-0.4, -0.2) is 24.7 Å². The second-order valence-corrected chi connectivity index (χ2v) is 2.85. The third-order valence-electron chi connectivity index (χ3n) is 1.51. The van der Waals surface area contributed by atoms with Gasteiger partial charge in [-0.2, -0.15) is 0 Å². The van der Waals surface area contributed by atoms with E-state index < -0.39 is 5.97 Å². The summed E-state index contributed by atoms with van der Waals surface area (Å²) in [5.74, 6) is -0.822. The number of hydrogen-bond donors (Lipinski definition) is 2. The Kier molecular flexibility index (Phi) is 6.92. The molecule has 0 aliphatic heterocycles. The molecule has 0 heterocycles. The van der Waals surface area contributed by atoms with Crippen molar-refractivity contribution in [3.63, 3.8) is 0 Å². The zero-order valence-corrected chi connectivity index (χ0v) is 8.21. The molecule has 0 bridgehead atoms. The van der Waals surface area contributed by atoms with Crippen LogP contribution in [0, 0.1) is 0 Å². The number of allylic oxidation sites excluding steroid dienone is 4.